The summed E-state index contributed by atoms with van der Waals surface area (Å²) in [4.78, 5) is 7.98. The molecule has 0 atom stereocenters. The van der Waals surface area contributed by atoms with E-state index in [9.17, 15) is 0 Å². The first-order valence-electron chi connectivity index (χ1n) is 6.36. The molecule has 0 aliphatic heterocycles. The maximum Gasteiger partial charge on any atom is 0.166 e. The lowest BCUT2D eigenvalue weighted by Crippen LogP contribution is -1.85. The third kappa shape index (κ3) is 2.66. The van der Waals surface area contributed by atoms with Crippen molar-refractivity contribution in [3.8, 4) is 0 Å². The second kappa shape index (κ2) is 5.10. The Morgan fingerprint density at radius 3 is 2.79 bits per heavy atom. The highest BCUT2D eigenvalue weighted by molar-refractivity contribution is 7.98. The number of thioether (sulfide) groups is 1. The number of benzene rings is 2. The quantitative estimate of drug-likeness (QED) is 0.710. The summed E-state index contributed by atoms with van der Waals surface area (Å²) in [5.41, 5.74) is 6.11. The maximum absolute atomic E-state index is 4.61. The predicted molar refractivity (Wildman–Crippen MR) is 81.6 cm³/mol. The van der Waals surface area contributed by atoms with E-state index in [-0.39, 0.29) is 0 Å². The molecule has 0 spiro atoms. The minimum Gasteiger partial charge on any atom is -0.333 e. The molecule has 96 valence electrons. The molecule has 1 heterocycles. The van der Waals surface area contributed by atoms with Crippen molar-refractivity contribution in [3.05, 3.63) is 59.2 Å². The molecule has 0 unspecified atom stereocenters. The van der Waals surface area contributed by atoms with E-state index in [0.717, 1.165) is 21.9 Å². The normalized spacial score (nSPS) is 11.1. The van der Waals surface area contributed by atoms with Gasteiger partial charge in [0.05, 0.1) is 11.0 Å². The number of fused-ring (bicyclic) bond motifs is 1. The molecule has 0 radical (unpaired) electrons. The zero-order valence-electron chi connectivity index (χ0n) is 11.1. The lowest BCUT2D eigenvalue weighted by Gasteiger charge is -2.02. The Hall–Kier alpha value is -1.74. The molecule has 0 aliphatic rings. The summed E-state index contributed by atoms with van der Waals surface area (Å²) >= 11 is 1.75. The molecule has 2 aromatic carbocycles. The van der Waals surface area contributed by atoms with Crippen molar-refractivity contribution in [1.82, 2.24) is 9.97 Å². The van der Waals surface area contributed by atoms with E-state index < -0.39 is 0 Å². The Kier molecular flexibility index (Phi) is 3.30. The molecule has 0 saturated carbocycles. The van der Waals surface area contributed by atoms with Gasteiger partial charge in [-0.15, -0.1) is 0 Å². The fraction of sp³-hybridized carbons (Fsp3) is 0.188. The summed E-state index contributed by atoms with van der Waals surface area (Å²) in [5, 5.41) is 0.990. The van der Waals surface area contributed by atoms with Crippen LogP contribution in [0.25, 0.3) is 11.0 Å². The van der Waals surface area contributed by atoms with Crippen LogP contribution in [0.15, 0.2) is 47.6 Å². The first-order valence-corrected chi connectivity index (χ1v) is 7.34. The molecule has 0 fully saturated rings. The van der Waals surface area contributed by atoms with E-state index in [4.69, 9.17) is 0 Å². The standard InChI is InChI=1S/C16H16N2S/c1-11-7-8-14-15(9-11)18-16(17-14)19-10-13-6-4-3-5-12(13)2/h3-9H,10H2,1-2H3,(H,17,18). The van der Waals surface area contributed by atoms with Gasteiger partial charge in [-0.05, 0) is 42.7 Å². The molecule has 0 amide bonds. The summed E-state index contributed by atoms with van der Waals surface area (Å²) in [7, 11) is 0. The Morgan fingerprint density at radius 2 is 1.95 bits per heavy atom. The van der Waals surface area contributed by atoms with Crippen LogP contribution in [-0.4, -0.2) is 9.97 Å². The molecule has 0 aliphatic carbocycles. The first-order chi connectivity index (χ1) is 9.22. The van der Waals surface area contributed by atoms with Crippen LogP contribution in [0.2, 0.25) is 0 Å². The zero-order chi connectivity index (χ0) is 13.2. The predicted octanol–water partition coefficient (Wildman–Crippen LogP) is 4.47. The number of H-pyrrole nitrogens is 1. The van der Waals surface area contributed by atoms with Gasteiger partial charge < -0.3 is 4.98 Å². The van der Waals surface area contributed by atoms with Crippen molar-refractivity contribution in [2.45, 2.75) is 24.8 Å². The summed E-state index contributed by atoms with van der Waals surface area (Å²) in [6.45, 7) is 4.25. The van der Waals surface area contributed by atoms with E-state index >= 15 is 0 Å². The molecule has 3 heteroatoms. The second-order valence-corrected chi connectivity index (χ2v) is 5.74. The fourth-order valence-corrected chi connectivity index (χ4v) is 3.05. The third-order valence-electron chi connectivity index (χ3n) is 3.24. The molecular weight excluding hydrogens is 252 g/mol. The molecule has 2 nitrogen and oxygen atoms in total. The Bertz CT molecular complexity index is 716. The SMILES string of the molecule is Cc1ccc2nc(SCc3ccccc3C)[nH]c2c1. The number of nitrogens with zero attached hydrogens (tertiary/aromatic N) is 1. The summed E-state index contributed by atoms with van der Waals surface area (Å²) in [6, 6.07) is 14.8. The van der Waals surface area contributed by atoms with Gasteiger partial charge in [0.1, 0.15) is 0 Å². The number of imidazole rings is 1. The van der Waals surface area contributed by atoms with Crippen molar-refractivity contribution < 1.29 is 0 Å². The minimum atomic E-state index is 0.950. The highest BCUT2D eigenvalue weighted by Crippen LogP contribution is 2.24. The number of aromatic nitrogens is 2. The van der Waals surface area contributed by atoms with Gasteiger partial charge >= 0.3 is 0 Å². The number of hydrogen-bond donors (Lipinski definition) is 1. The monoisotopic (exact) mass is 268 g/mol. The molecular formula is C16H16N2S. The molecule has 3 aromatic rings. The summed E-state index contributed by atoms with van der Waals surface area (Å²) < 4.78 is 0. The van der Waals surface area contributed by atoms with Crippen molar-refractivity contribution >= 4 is 22.8 Å². The highest BCUT2D eigenvalue weighted by atomic mass is 32.2. The fourth-order valence-electron chi connectivity index (χ4n) is 2.09. The van der Waals surface area contributed by atoms with Crippen molar-refractivity contribution in [1.29, 1.82) is 0 Å². The van der Waals surface area contributed by atoms with Crippen LogP contribution in [0.5, 0.6) is 0 Å². The maximum atomic E-state index is 4.61. The summed E-state index contributed by atoms with van der Waals surface area (Å²) in [5.74, 6) is 0.950. The van der Waals surface area contributed by atoms with Gasteiger partial charge in [0.15, 0.2) is 5.16 Å². The number of nitrogens with one attached hydrogen (secondary N) is 1. The van der Waals surface area contributed by atoms with Crippen LogP contribution >= 0.6 is 11.8 Å². The van der Waals surface area contributed by atoms with E-state index in [2.05, 4.69) is 66.3 Å². The molecule has 3 rings (SSSR count). The van der Waals surface area contributed by atoms with Crippen molar-refractivity contribution in [2.24, 2.45) is 0 Å². The molecule has 0 bridgehead atoms. The molecule has 19 heavy (non-hydrogen) atoms. The average Bonchev–Trinajstić information content (AvgIpc) is 2.79. The van der Waals surface area contributed by atoms with Gasteiger partial charge in [-0.25, -0.2) is 4.98 Å². The van der Waals surface area contributed by atoms with Crippen LogP contribution in [0.3, 0.4) is 0 Å². The third-order valence-corrected chi connectivity index (χ3v) is 4.16. The van der Waals surface area contributed by atoms with E-state index in [1.807, 2.05) is 0 Å². The van der Waals surface area contributed by atoms with Gasteiger partial charge in [0.2, 0.25) is 0 Å². The van der Waals surface area contributed by atoms with Gasteiger partial charge in [0, 0.05) is 5.75 Å². The topological polar surface area (TPSA) is 28.7 Å². The average molecular weight is 268 g/mol. The Balaban J connectivity index is 1.80. The lowest BCUT2D eigenvalue weighted by atomic mass is 10.1. The van der Waals surface area contributed by atoms with E-state index in [1.165, 1.54) is 16.7 Å². The van der Waals surface area contributed by atoms with Gasteiger partial charge in [-0.1, -0.05) is 42.1 Å². The summed E-state index contributed by atoms with van der Waals surface area (Å²) in [6.07, 6.45) is 0. The van der Waals surface area contributed by atoms with E-state index in [1.54, 1.807) is 11.8 Å². The van der Waals surface area contributed by atoms with Gasteiger partial charge in [-0.2, -0.15) is 0 Å². The zero-order valence-corrected chi connectivity index (χ0v) is 11.9. The largest absolute Gasteiger partial charge is 0.333 e. The van der Waals surface area contributed by atoms with Crippen molar-refractivity contribution in [2.75, 3.05) is 0 Å². The van der Waals surface area contributed by atoms with E-state index in [0.29, 0.717) is 0 Å². The second-order valence-electron chi connectivity index (χ2n) is 4.78. The number of rotatable bonds is 3. The molecule has 1 N–H and O–H groups in total. The Morgan fingerprint density at radius 1 is 1.11 bits per heavy atom. The Labute approximate surface area is 117 Å². The highest BCUT2D eigenvalue weighted by Gasteiger charge is 2.04. The number of aryl methyl sites for hydroxylation is 2. The van der Waals surface area contributed by atoms with Crippen LogP contribution in [0.1, 0.15) is 16.7 Å². The van der Waals surface area contributed by atoms with Gasteiger partial charge in [-0.3, -0.25) is 0 Å². The molecule has 1 aromatic heterocycles. The number of hydrogen-bond acceptors (Lipinski definition) is 2. The minimum absolute atomic E-state index is 0.950. The van der Waals surface area contributed by atoms with Crippen LogP contribution < -0.4 is 0 Å². The van der Waals surface area contributed by atoms with Crippen molar-refractivity contribution in [3.63, 3.8) is 0 Å². The van der Waals surface area contributed by atoms with Gasteiger partial charge in [0.25, 0.3) is 0 Å². The smallest absolute Gasteiger partial charge is 0.166 e. The number of aromatic amines is 1. The lowest BCUT2D eigenvalue weighted by molar-refractivity contribution is 1.08. The first kappa shape index (κ1) is 12.3. The molecule has 0 saturated heterocycles. The van der Waals surface area contributed by atoms with Crippen LogP contribution in [0.4, 0.5) is 0 Å². The van der Waals surface area contributed by atoms with Crippen LogP contribution in [-0.2, 0) is 5.75 Å². The van der Waals surface area contributed by atoms with Crippen LogP contribution in [0, 0.1) is 13.8 Å².